The van der Waals surface area contributed by atoms with E-state index in [2.05, 4.69) is 0 Å². The van der Waals surface area contributed by atoms with Crippen LogP contribution in [0.1, 0.15) is 23.2 Å². The van der Waals surface area contributed by atoms with Gasteiger partial charge in [0.15, 0.2) is 0 Å². The summed E-state index contributed by atoms with van der Waals surface area (Å²) in [5, 5.41) is 0. The standard InChI is InChI=1S/C22H25NO6/c1-26-17-4-6-18(7-5-17)29-22(25)15-8-10-23(11-9-15)21(24)16-12-19(27-2)14-20(13-16)28-3/h4-7,12-15H,8-11H2,1-3H3. The minimum atomic E-state index is -0.273. The average Bonchev–Trinajstić information content (AvgIpc) is 2.78. The van der Waals surface area contributed by atoms with E-state index in [9.17, 15) is 9.59 Å². The van der Waals surface area contributed by atoms with Crippen molar-refractivity contribution in [1.29, 1.82) is 0 Å². The predicted molar refractivity (Wildman–Crippen MR) is 107 cm³/mol. The van der Waals surface area contributed by atoms with Crippen LogP contribution < -0.4 is 18.9 Å². The lowest BCUT2D eigenvalue weighted by molar-refractivity contribution is -0.140. The molecule has 0 saturated carbocycles. The Balaban J connectivity index is 1.58. The van der Waals surface area contributed by atoms with Gasteiger partial charge < -0.3 is 23.8 Å². The molecule has 1 aliphatic heterocycles. The second-order valence-corrected chi connectivity index (χ2v) is 6.76. The van der Waals surface area contributed by atoms with E-state index in [0.29, 0.717) is 54.5 Å². The summed E-state index contributed by atoms with van der Waals surface area (Å²) in [5.41, 5.74) is 0.500. The molecule has 0 spiro atoms. The van der Waals surface area contributed by atoms with Crippen molar-refractivity contribution < 1.29 is 28.5 Å². The number of esters is 1. The van der Waals surface area contributed by atoms with Gasteiger partial charge in [-0.05, 0) is 49.2 Å². The maximum absolute atomic E-state index is 12.9. The van der Waals surface area contributed by atoms with E-state index in [-0.39, 0.29) is 17.8 Å². The Kier molecular flexibility index (Phi) is 6.59. The highest BCUT2D eigenvalue weighted by Crippen LogP contribution is 2.26. The molecule has 1 saturated heterocycles. The summed E-state index contributed by atoms with van der Waals surface area (Å²) in [6, 6.07) is 12.0. The third kappa shape index (κ3) is 4.99. The minimum Gasteiger partial charge on any atom is -0.497 e. The SMILES string of the molecule is COc1ccc(OC(=O)C2CCN(C(=O)c3cc(OC)cc(OC)c3)CC2)cc1. The van der Waals surface area contributed by atoms with Gasteiger partial charge in [-0.25, -0.2) is 0 Å². The van der Waals surface area contributed by atoms with E-state index in [4.69, 9.17) is 18.9 Å². The predicted octanol–water partition coefficient (Wildman–Crippen LogP) is 3.17. The quantitative estimate of drug-likeness (QED) is 0.549. The molecule has 0 atom stereocenters. The third-order valence-electron chi connectivity index (χ3n) is 4.99. The number of methoxy groups -OCH3 is 3. The van der Waals surface area contributed by atoms with Crippen LogP contribution in [0.2, 0.25) is 0 Å². The van der Waals surface area contributed by atoms with Crippen LogP contribution in [0, 0.1) is 5.92 Å². The summed E-state index contributed by atoms with van der Waals surface area (Å²) in [5.74, 6) is 1.69. The van der Waals surface area contributed by atoms with E-state index in [1.807, 2.05) is 0 Å². The molecule has 1 aliphatic rings. The van der Waals surface area contributed by atoms with Crippen molar-refractivity contribution >= 4 is 11.9 Å². The van der Waals surface area contributed by atoms with Crippen LogP contribution in [0.5, 0.6) is 23.0 Å². The molecule has 154 valence electrons. The number of likely N-dealkylation sites (tertiary alicyclic amines) is 1. The van der Waals surface area contributed by atoms with Crippen LogP contribution in [-0.4, -0.2) is 51.2 Å². The lowest BCUT2D eigenvalue weighted by Gasteiger charge is -2.31. The number of hydrogen-bond acceptors (Lipinski definition) is 6. The molecule has 2 aromatic carbocycles. The van der Waals surface area contributed by atoms with Crippen molar-refractivity contribution in [3.63, 3.8) is 0 Å². The van der Waals surface area contributed by atoms with Crippen molar-refractivity contribution in [2.24, 2.45) is 5.92 Å². The first-order chi connectivity index (χ1) is 14.0. The number of rotatable bonds is 6. The Morgan fingerprint density at radius 1 is 0.793 bits per heavy atom. The fourth-order valence-electron chi connectivity index (χ4n) is 3.28. The molecule has 29 heavy (non-hydrogen) atoms. The highest BCUT2D eigenvalue weighted by atomic mass is 16.5. The lowest BCUT2D eigenvalue weighted by atomic mass is 9.96. The summed E-state index contributed by atoms with van der Waals surface area (Å²) in [6.07, 6.45) is 1.11. The molecule has 0 radical (unpaired) electrons. The van der Waals surface area contributed by atoms with Crippen LogP contribution >= 0.6 is 0 Å². The van der Waals surface area contributed by atoms with Gasteiger partial charge >= 0.3 is 5.97 Å². The maximum Gasteiger partial charge on any atom is 0.314 e. The third-order valence-corrected chi connectivity index (χ3v) is 4.99. The fraction of sp³-hybridized carbons (Fsp3) is 0.364. The molecule has 3 rings (SSSR count). The maximum atomic E-state index is 12.9. The first-order valence-corrected chi connectivity index (χ1v) is 9.42. The zero-order valence-electron chi connectivity index (χ0n) is 16.8. The summed E-state index contributed by atoms with van der Waals surface area (Å²) in [4.78, 5) is 27.0. The van der Waals surface area contributed by atoms with Crippen molar-refractivity contribution in [1.82, 2.24) is 4.90 Å². The Morgan fingerprint density at radius 3 is 1.83 bits per heavy atom. The molecule has 1 fully saturated rings. The van der Waals surface area contributed by atoms with Gasteiger partial charge in [0.1, 0.15) is 23.0 Å². The van der Waals surface area contributed by atoms with Gasteiger partial charge in [0.2, 0.25) is 0 Å². The molecule has 7 heteroatoms. The largest absolute Gasteiger partial charge is 0.497 e. The van der Waals surface area contributed by atoms with Crippen LogP contribution in [0.4, 0.5) is 0 Å². The van der Waals surface area contributed by atoms with E-state index >= 15 is 0 Å². The molecule has 7 nitrogen and oxygen atoms in total. The Bertz CT molecular complexity index is 834. The molecule has 0 aromatic heterocycles. The van der Waals surface area contributed by atoms with Crippen LogP contribution in [0.15, 0.2) is 42.5 Å². The van der Waals surface area contributed by atoms with Crippen LogP contribution in [0.25, 0.3) is 0 Å². The van der Waals surface area contributed by atoms with Crippen molar-refractivity contribution in [2.75, 3.05) is 34.4 Å². The van der Waals surface area contributed by atoms with Gasteiger partial charge in [-0.2, -0.15) is 0 Å². The topological polar surface area (TPSA) is 74.3 Å². The molecular weight excluding hydrogens is 374 g/mol. The van der Waals surface area contributed by atoms with Crippen molar-refractivity contribution in [3.05, 3.63) is 48.0 Å². The summed E-state index contributed by atoms with van der Waals surface area (Å²) in [6.45, 7) is 0.974. The molecule has 2 aromatic rings. The highest BCUT2D eigenvalue weighted by molar-refractivity contribution is 5.95. The van der Waals surface area contributed by atoms with Gasteiger partial charge in [0, 0.05) is 24.7 Å². The number of carbonyl (C=O) groups is 2. The number of nitrogens with zero attached hydrogens (tertiary/aromatic N) is 1. The number of amides is 1. The van der Waals surface area contributed by atoms with Gasteiger partial charge in [-0.3, -0.25) is 9.59 Å². The first-order valence-electron chi connectivity index (χ1n) is 9.42. The first kappa shape index (κ1) is 20.5. The second kappa shape index (κ2) is 9.32. The van der Waals surface area contributed by atoms with Crippen LogP contribution in [-0.2, 0) is 4.79 Å². The van der Waals surface area contributed by atoms with E-state index in [0.717, 1.165) is 0 Å². The zero-order valence-corrected chi connectivity index (χ0v) is 16.8. The van der Waals surface area contributed by atoms with Gasteiger partial charge in [0.05, 0.1) is 27.2 Å². The van der Waals surface area contributed by atoms with Gasteiger partial charge in [-0.15, -0.1) is 0 Å². The number of ether oxygens (including phenoxy) is 4. The summed E-state index contributed by atoms with van der Waals surface area (Å²) >= 11 is 0. The molecule has 1 heterocycles. The van der Waals surface area contributed by atoms with Crippen molar-refractivity contribution in [2.45, 2.75) is 12.8 Å². The zero-order chi connectivity index (χ0) is 20.8. The monoisotopic (exact) mass is 399 g/mol. The van der Waals surface area contributed by atoms with Crippen molar-refractivity contribution in [3.8, 4) is 23.0 Å². The van der Waals surface area contributed by atoms with E-state index < -0.39 is 0 Å². The van der Waals surface area contributed by atoms with Crippen LogP contribution in [0.3, 0.4) is 0 Å². The van der Waals surface area contributed by atoms with Gasteiger partial charge in [0.25, 0.3) is 5.91 Å². The Hall–Kier alpha value is -3.22. The molecule has 0 unspecified atom stereocenters. The number of benzene rings is 2. The highest BCUT2D eigenvalue weighted by Gasteiger charge is 2.29. The average molecular weight is 399 g/mol. The smallest absolute Gasteiger partial charge is 0.314 e. The molecular formula is C22H25NO6. The minimum absolute atomic E-state index is 0.107. The van der Waals surface area contributed by atoms with E-state index in [1.54, 1.807) is 68.7 Å². The summed E-state index contributed by atoms with van der Waals surface area (Å²) < 4.78 is 21.0. The summed E-state index contributed by atoms with van der Waals surface area (Å²) in [7, 11) is 4.67. The molecule has 0 N–H and O–H groups in total. The van der Waals surface area contributed by atoms with Gasteiger partial charge in [-0.1, -0.05) is 0 Å². The second-order valence-electron chi connectivity index (χ2n) is 6.76. The van der Waals surface area contributed by atoms with E-state index in [1.165, 1.54) is 0 Å². The normalized spacial score (nSPS) is 14.2. The lowest BCUT2D eigenvalue weighted by Crippen LogP contribution is -2.41. The molecule has 0 aliphatic carbocycles. The number of hydrogen-bond donors (Lipinski definition) is 0. The fourth-order valence-corrected chi connectivity index (χ4v) is 3.28. The number of carbonyl (C=O) groups excluding carboxylic acids is 2. The Labute approximate surface area is 170 Å². The molecule has 1 amide bonds. The molecule has 0 bridgehead atoms. The number of piperidine rings is 1. The Morgan fingerprint density at radius 2 is 1.31 bits per heavy atom.